The maximum absolute atomic E-state index is 13.5. The van der Waals surface area contributed by atoms with Crippen molar-refractivity contribution in [3.05, 3.63) is 59.8 Å². The number of amides is 1. The van der Waals surface area contributed by atoms with Crippen LogP contribution in [-0.4, -0.2) is 26.1 Å². The van der Waals surface area contributed by atoms with E-state index < -0.39 is 17.5 Å². The Morgan fingerprint density at radius 3 is 2.88 bits per heavy atom. The lowest BCUT2D eigenvalue weighted by Crippen LogP contribution is -2.13. The second-order valence-electron chi connectivity index (χ2n) is 5.01. The van der Waals surface area contributed by atoms with E-state index in [1.807, 2.05) is 0 Å². The number of nitrogens with zero attached hydrogens (tertiary/aromatic N) is 3. The third-order valence-electron chi connectivity index (χ3n) is 3.27. The minimum atomic E-state index is -0.542. The number of hydrogen-bond donors (Lipinski definition) is 2. The third kappa shape index (κ3) is 3.78. The molecular weight excluding hydrogens is 316 g/mol. The summed E-state index contributed by atoms with van der Waals surface area (Å²) in [5, 5.41) is 9.05. The second-order valence-corrected chi connectivity index (χ2v) is 5.01. The molecule has 0 atom stereocenters. The molecule has 0 aliphatic rings. The zero-order valence-corrected chi connectivity index (χ0v) is 12.5. The van der Waals surface area contributed by atoms with Crippen LogP contribution >= 0.6 is 0 Å². The Morgan fingerprint density at radius 2 is 2.08 bits per heavy atom. The minimum Gasteiger partial charge on any atom is -0.293 e. The lowest BCUT2D eigenvalue weighted by molar-refractivity contribution is -0.116. The number of aryl methyl sites for hydroxylation is 1. The van der Waals surface area contributed by atoms with E-state index in [-0.39, 0.29) is 24.4 Å². The van der Waals surface area contributed by atoms with Gasteiger partial charge in [0.1, 0.15) is 17.3 Å². The van der Waals surface area contributed by atoms with Gasteiger partial charge in [-0.1, -0.05) is 6.07 Å². The van der Waals surface area contributed by atoms with Gasteiger partial charge in [-0.05, 0) is 42.3 Å². The molecule has 3 aromatic rings. The molecule has 0 aliphatic carbocycles. The van der Waals surface area contributed by atoms with Crippen LogP contribution in [0.1, 0.15) is 12.0 Å². The van der Waals surface area contributed by atoms with Crippen molar-refractivity contribution in [1.29, 1.82) is 0 Å². The predicted molar refractivity (Wildman–Crippen MR) is 82.9 cm³/mol. The quantitative estimate of drug-likeness (QED) is 0.754. The summed E-state index contributed by atoms with van der Waals surface area (Å²) in [6.07, 6.45) is 1.67. The largest absolute Gasteiger partial charge is 0.293 e. The topological polar surface area (TPSA) is 83.6 Å². The molecular formula is C16H13F2N5O. The highest BCUT2D eigenvalue weighted by Crippen LogP contribution is 2.14. The van der Waals surface area contributed by atoms with E-state index in [4.69, 9.17) is 0 Å². The molecule has 1 aromatic carbocycles. The highest BCUT2D eigenvalue weighted by atomic mass is 19.1. The fourth-order valence-corrected chi connectivity index (χ4v) is 2.11. The number of aromatic nitrogens is 4. The molecule has 6 nitrogen and oxygen atoms in total. The number of H-pyrrole nitrogens is 1. The van der Waals surface area contributed by atoms with E-state index >= 15 is 0 Å². The molecule has 0 saturated carbocycles. The van der Waals surface area contributed by atoms with Crippen LogP contribution in [0.5, 0.6) is 0 Å². The van der Waals surface area contributed by atoms with Crippen molar-refractivity contribution >= 4 is 11.9 Å². The SMILES string of the molecule is O=C(CCc1cc(F)ccc1F)Nc1n[nH]c(-c2ccccn2)n1. The van der Waals surface area contributed by atoms with Gasteiger partial charge in [0.25, 0.3) is 0 Å². The molecule has 0 fully saturated rings. The van der Waals surface area contributed by atoms with E-state index in [9.17, 15) is 13.6 Å². The van der Waals surface area contributed by atoms with Gasteiger partial charge in [0.15, 0.2) is 5.82 Å². The molecule has 0 bridgehead atoms. The molecule has 0 spiro atoms. The summed E-state index contributed by atoms with van der Waals surface area (Å²) in [7, 11) is 0. The van der Waals surface area contributed by atoms with Crippen LogP contribution in [0.4, 0.5) is 14.7 Å². The summed E-state index contributed by atoms with van der Waals surface area (Å²) < 4.78 is 26.6. The smallest absolute Gasteiger partial charge is 0.249 e. The van der Waals surface area contributed by atoms with Crippen molar-refractivity contribution in [3.8, 4) is 11.5 Å². The van der Waals surface area contributed by atoms with Gasteiger partial charge in [0.05, 0.1) is 0 Å². The molecule has 3 rings (SSSR count). The summed E-state index contributed by atoms with van der Waals surface area (Å²) in [6.45, 7) is 0. The predicted octanol–water partition coefficient (Wildman–Crippen LogP) is 2.72. The molecule has 0 radical (unpaired) electrons. The normalized spacial score (nSPS) is 10.6. The van der Waals surface area contributed by atoms with Crippen LogP contribution in [0.15, 0.2) is 42.6 Å². The Morgan fingerprint density at radius 1 is 1.21 bits per heavy atom. The number of carbonyl (C=O) groups excluding carboxylic acids is 1. The first-order valence-corrected chi connectivity index (χ1v) is 7.19. The molecule has 0 aliphatic heterocycles. The fraction of sp³-hybridized carbons (Fsp3) is 0.125. The molecule has 0 unspecified atom stereocenters. The number of rotatable bonds is 5. The number of anilines is 1. The lowest BCUT2D eigenvalue weighted by Gasteiger charge is -2.03. The molecule has 122 valence electrons. The van der Waals surface area contributed by atoms with Crippen LogP contribution in [0, 0.1) is 11.6 Å². The van der Waals surface area contributed by atoms with Crippen LogP contribution in [0.25, 0.3) is 11.5 Å². The first-order chi connectivity index (χ1) is 11.6. The van der Waals surface area contributed by atoms with Crippen molar-refractivity contribution in [2.24, 2.45) is 0 Å². The number of halogens is 2. The van der Waals surface area contributed by atoms with Crippen molar-refractivity contribution in [2.75, 3.05) is 5.32 Å². The standard InChI is InChI=1S/C16H13F2N5O/c17-11-5-6-12(18)10(9-11)4-7-14(24)20-16-21-15(22-23-16)13-3-1-2-8-19-13/h1-3,5-6,8-9H,4,7H2,(H2,20,21,22,23,24). The monoisotopic (exact) mass is 329 g/mol. The molecule has 2 N–H and O–H groups in total. The Labute approximate surface area is 136 Å². The highest BCUT2D eigenvalue weighted by molar-refractivity contribution is 5.89. The van der Waals surface area contributed by atoms with Gasteiger partial charge in [0, 0.05) is 12.6 Å². The average Bonchev–Trinajstić information content (AvgIpc) is 3.05. The van der Waals surface area contributed by atoms with Crippen LogP contribution in [-0.2, 0) is 11.2 Å². The van der Waals surface area contributed by atoms with Gasteiger partial charge in [-0.3, -0.25) is 20.2 Å². The molecule has 1 amide bonds. The van der Waals surface area contributed by atoms with Crippen molar-refractivity contribution in [3.63, 3.8) is 0 Å². The second kappa shape index (κ2) is 6.95. The maximum Gasteiger partial charge on any atom is 0.249 e. The number of nitrogens with one attached hydrogen (secondary N) is 2. The summed E-state index contributed by atoms with van der Waals surface area (Å²) in [5.41, 5.74) is 0.738. The number of aromatic amines is 1. The number of carbonyl (C=O) groups is 1. The van der Waals surface area contributed by atoms with Gasteiger partial charge >= 0.3 is 0 Å². The first kappa shape index (κ1) is 15.7. The van der Waals surface area contributed by atoms with Crippen molar-refractivity contribution in [2.45, 2.75) is 12.8 Å². The Balaban J connectivity index is 1.59. The van der Waals surface area contributed by atoms with Crippen molar-refractivity contribution < 1.29 is 13.6 Å². The molecule has 0 saturated heterocycles. The van der Waals surface area contributed by atoms with Crippen LogP contribution in [0.2, 0.25) is 0 Å². The molecule has 24 heavy (non-hydrogen) atoms. The van der Waals surface area contributed by atoms with E-state index in [0.717, 1.165) is 18.2 Å². The zero-order valence-electron chi connectivity index (χ0n) is 12.5. The lowest BCUT2D eigenvalue weighted by atomic mass is 10.1. The van der Waals surface area contributed by atoms with Gasteiger partial charge in [0.2, 0.25) is 11.9 Å². The summed E-state index contributed by atoms with van der Waals surface area (Å²) in [6, 6.07) is 8.47. The number of hydrogen-bond acceptors (Lipinski definition) is 4. The zero-order chi connectivity index (χ0) is 16.9. The van der Waals surface area contributed by atoms with Crippen molar-refractivity contribution in [1.82, 2.24) is 20.2 Å². The maximum atomic E-state index is 13.5. The Bertz CT molecular complexity index is 851. The van der Waals surface area contributed by atoms with E-state index in [1.165, 1.54) is 0 Å². The third-order valence-corrected chi connectivity index (χ3v) is 3.27. The summed E-state index contributed by atoms with van der Waals surface area (Å²) >= 11 is 0. The number of pyridine rings is 1. The van der Waals surface area contributed by atoms with Gasteiger partial charge < -0.3 is 0 Å². The van der Waals surface area contributed by atoms with Crippen LogP contribution in [0.3, 0.4) is 0 Å². The van der Waals surface area contributed by atoms with Gasteiger partial charge in [-0.15, -0.1) is 5.10 Å². The van der Waals surface area contributed by atoms with Crippen LogP contribution < -0.4 is 5.32 Å². The molecule has 2 heterocycles. The van der Waals surface area contributed by atoms with E-state index in [0.29, 0.717) is 11.5 Å². The fourth-order valence-electron chi connectivity index (χ4n) is 2.11. The van der Waals surface area contributed by atoms with E-state index in [2.05, 4.69) is 25.5 Å². The first-order valence-electron chi connectivity index (χ1n) is 7.19. The highest BCUT2D eigenvalue weighted by Gasteiger charge is 2.11. The summed E-state index contributed by atoms with van der Waals surface area (Å²) in [4.78, 5) is 20.1. The van der Waals surface area contributed by atoms with Gasteiger partial charge in [-0.2, -0.15) is 4.98 Å². The minimum absolute atomic E-state index is 0.0200. The Hall–Kier alpha value is -3.16. The molecule has 2 aromatic heterocycles. The molecule has 8 heteroatoms. The summed E-state index contributed by atoms with van der Waals surface area (Å²) in [5.74, 6) is -0.965. The Kier molecular flexibility index (Phi) is 4.55. The average molecular weight is 329 g/mol. The van der Waals surface area contributed by atoms with E-state index in [1.54, 1.807) is 24.4 Å². The van der Waals surface area contributed by atoms with Gasteiger partial charge in [-0.25, -0.2) is 8.78 Å². The number of benzene rings is 1.